The third-order valence-corrected chi connectivity index (χ3v) is 8.74. The van der Waals surface area contributed by atoms with Crippen molar-refractivity contribution in [1.29, 1.82) is 0 Å². The van der Waals surface area contributed by atoms with Gasteiger partial charge in [0.05, 0.1) is 12.9 Å². The number of aryl methyl sites for hydroxylation is 1. The molecule has 2 saturated heterocycles. The van der Waals surface area contributed by atoms with Crippen molar-refractivity contribution in [1.82, 2.24) is 29.7 Å². The summed E-state index contributed by atoms with van der Waals surface area (Å²) in [5.41, 5.74) is 6.95. The number of carbonyl (C=O) groups excluding carboxylic acids is 2. The highest BCUT2D eigenvalue weighted by Crippen LogP contribution is 2.33. The van der Waals surface area contributed by atoms with Crippen LogP contribution < -0.4 is 11.1 Å². The maximum absolute atomic E-state index is 12.5. The monoisotopic (exact) mass is 587 g/mol. The lowest BCUT2D eigenvalue weighted by atomic mass is 9.86. The van der Waals surface area contributed by atoms with Gasteiger partial charge in [0.25, 0.3) is 5.91 Å². The molecule has 0 radical (unpaired) electrons. The predicted molar refractivity (Wildman–Crippen MR) is 154 cm³/mol. The van der Waals surface area contributed by atoms with Crippen LogP contribution in [0.3, 0.4) is 0 Å². The van der Waals surface area contributed by atoms with Crippen molar-refractivity contribution in [3.63, 3.8) is 0 Å². The number of hydrogen-bond acceptors (Lipinski definition) is 10. The molecule has 5 N–H and O–H groups in total. The number of likely N-dealkylation sites (tertiary alicyclic amines) is 1. The Labute approximate surface area is 246 Å². The van der Waals surface area contributed by atoms with Crippen LogP contribution in [0.15, 0.2) is 6.33 Å². The van der Waals surface area contributed by atoms with Crippen LogP contribution in [-0.4, -0.2) is 90.7 Å². The number of aliphatic hydroxyl groups excluding tert-OH is 2. The van der Waals surface area contributed by atoms with E-state index in [1.54, 1.807) is 0 Å². The summed E-state index contributed by atoms with van der Waals surface area (Å²) in [5, 5.41) is 24.0. The number of rotatable bonds is 9. The summed E-state index contributed by atoms with van der Waals surface area (Å²) in [7, 11) is 0. The van der Waals surface area contributed by atoms with Crippen molar-refractivity contribution >= 4 is 29.0 Å². The third kappa shape index (κ3) is 6.78. The van der Waals surface area contributed by atoms with Crippen molar-refractivity contribution in [2.75, 3.05) is 25.4 Å². The standard InChI is InChI=1S/C27H39N7O6.C2H6/c28-23-19-24(34(14-29-19)26-21(36)20(35)22(40-26)25(37)30-17-7-8-17)32-18(31-23)6-2-3-15-9-11-33(12-10-15)27(38)39-13-16-4-1-5-16;1-2/h14-17,20-22,26,35-36H,1-13H2,(H,30,37)(H2,28,31,32);1-2H3/t20?,21-,22-,26+;/m0./s1. The molecular weight excluding hydrogens is 542 g/mol. The Hall–Kier alpha value is -3.03. The molecule has 4 heterocycles. The van der Waals surface area contributed by atoms with Crippen molar-refractivity contribution in [2.24, 2.45) is 11.8 Å². The molecule has 1 unspecified atom stereocenters. The molecule has 2 amide bonds. The van der Waals surface area contributed by atoms with Crippen LogP contribution >= 0.6 is 0 Å². The zero-order valence-corrected chi connectivity index (χ0v) is 24.7. The van der Waals surface area contributed by atoms with Crippen LogP contribution in [0.4, 0.5) is 10.6 Å². The molecular formula is C29H45N7O6. The van der Waals surface area contributed by atoms with Crippen molar-refractivity contribution in [3.05, 3.63) is 12.2 Å². The normalized spacial score (nSPS) is 26.4. The lowest BCUT2D eigenvalue weighted by Gasteiger charge is -2.32. The fourth-order valence-electron chi connectivity index (χ4n) is 5.79. The minimum atomic E-state index is -1.38. The summed E-state index contributed by atoms with van der Waals surface area (Å²) in [6, 6.07) is 0.106. The van der Waals surface area contributed by atoms with E-state index in [0.717, 1.165) is 51.6 Å². The fraction of sp³-hybridized carbons (Fsp3) is 0.759. The molecule has 4 aliphatic rings. The predicted octanol–water partition coefficient (Wildman–Crippen LogP) is 2.30. The van der Waals surface area contributed by atoms with E-state index in [-0.39, 0.29) is 18.0 Å². The van der Waals surface area contributed by atoms with Crippen molar-refractivity contribution in [2.45, 2.75) is 109 Å². The van der Waals surface area contributed by atoms with Crippen molar-refractivity contribution in [3.8, 4) is 0 Å². The molecule has 0 aromatic carbocycles. The Kier molecular flexibility index (Phi) is 9.79. The van der Waals surface area contributed by atoms with Crippen LogP contribution in [0, 0.1) is 11.8 Å². The summed E-state index contributed by atoms with van der Waals surface area (Å²) in [4.78, 5) is 40.0. The number of carbonyl (C=O) groups is 2. The molecule has 2 aliphatic carbocycles. The molecule has 4 fully saturated rings. The fourth-order valence-corrected chi connectivity index (χ4v) is 5.79. The van der Waals surface area contributed by atoms with Crippen LogP contribution in [-0.2, 0) is 20.7 Å². The molecule has 4 atom stereocenters. The van der Waals surface area contributed by atoms with Crippen LogP contribution in [0.25, 0.3) is 11.2 Å². The average molecular weight is 588 g/mol. The molecule has 2 aromatic rings. The Morgan fingerprint density at radius 2 is 1.81 bits per heavy atom. The number of fused-ring (bicyclic) bond motifs is 1. The second-order valence-electron chi connectivity index (χ2n) is 11.8. The van der Waals surface area contributed by atoms with E-state index in [1.165, 1.54) is 30.2 Å². The molecule has 0 bridgehead atoms. The third-order valence-electron chi connectivity index (χ3n) is 8.74. The number of ether oxygens (including phenoxy) is 2. The molecule has 6 rings (SSSR count). The number of piperidine rings is 1. The first-order valence-corrected chi connectivity index (χ1v) is 15.6. The van der Waals surface area contributed by atoms with Gasteiger partial charge < -0.3 is 35.6 Å². The maximum Gasteiger partial charge on any atom is 0.409 e. The van der Waals surface area contributed by atoms with Gasteiger partial charge in [-0.3, -0.25) is 9.36 Å². The molecule has 13 nitrogen and oxygen atoms in total. The molecule has 2 aromatic heterocycles. The van der Waals surface area contributed by atoms with Gasteiger partial charge in [-0.25, -0.2) is 19.7 Å². The van der Waals surface area contributed by atoms with E-state index in [4.69, 9.17) is 15.2 Å². The van der Waals surface area contributed by atoms with Gasteiger partial charge in [-0.1, -0.05) is 20.3 Å². The van der Waals surface area contributed by atoms with E-state index in [2.05, 4.69) is 20.3 Å². The summed E-state index contributed by atoms with van der Waals surface area (Å²) in [6.07, 6.45) is 6.04. The largest absolute Gasteiger partial charge is 0.449 e. The molecule has 42 heavy (non-hydrogen) atoms. The Morgan fingerprint density at radius 3 is 2.48 bits per heavy atom. The minimum absolute atomic E-state index is 0.106. The maximum atomic E-state index is 12.5. The van der Waals surface area contributed by atoms with Gasteiger partial charge in [0, 0.05) is 25.6 Å². The quantitative estimate of drug-likeness (QED) is 0.340. The number of amides is 2. The highest BCUT2D eigenvalue weighted by molar-refractivity contribution is 5.83. The highest BCUT2D eigenvalue weighted by Gasteiger charge is 2.48. The summed E-state index contributed by atoms with van der Waals surface area (Å²) in [5.74, 6) is 1.41. The van der Waals surface area contributed by atoms with Gasteiger partial charge in [0.1, 0.15) is 23.5 Å². The number of nitrogen functional groups attached to an aromatic ring is 1. The Morgan fingerprint density at radius 1 is 1.07 bits per heavy atom. The smallest absolute Gasteiger partial charge is 0.409 e. The molecule has 232 valence electrons. The molecule has 13 heteroatoms. The second-order valence-corrected chi connectivity index (χ2v) is 11.8. The Bertz CT molecular complexity index is 1220. The van der Waals surface area contributed by atoms with Crippen LogP contribution in [0.1, 0.15) is 83.7 Å². The molecule has 2 saturated carbocycles. The first-order chi connectivity index (χ1) is 20.4. The van der Waals surface area contributed by atoms with Crippen molar-refractivity contribution < 1.29 is 29.3 Å². The number of aliphatic hydroxyl groups is 2. The van der Waals surface area contributed by atoms with Gasteiger partial charge >= 0.3 is 6.09 Å². The number of nitrogens with zero attached hydrogens (tertiary/aromatic N) is 5. The van der Waals surface area contributed by atoms with Crippen LogP contribution in [0.2, 0.25) is 0 Å². The van der Waals surface area contributed by atoms with Gasteiger partial charge in [0.15, 0.2) is 23.8 Å². The first-order valence-electron chi connectivity index (χ1n) is 15.6. The zero-order chi connectivity index (χ0) is 29.8. The van der Waals surface area contributed by atoms with Gasteiger partial charge in [-0.2, -0.15) is 0 Å². The van der Waals surface area contributed by atoms with Crippen LogP contribution in [0.5, 0.6) is 0 Å². The number of anilines is 1. The van der Waals surface area contributed by atoms with E-state index in [0.29, 0.717) is 41.9 Å². The number of aromatic nitrogens is 4. The number of hydrogen-bond donors (Lipinski definition) is 4. The highest BCUT2D eigenvalue weighted by atomic mass is 16.6. The second kappa shape index (κ2) is 13.5. The number of imidazole rings is 1. The van der Waals surface area contributed by atoms with Gasteiger partial charge in [-0.05, 0) is 63.2 Å². The number of nitrogens with two attached hydrogens (primary N) is 1. The van der Waals surface area contributed by atoms with E-state index < -0.39 is 30.4 Å². The summed E-state index contributed by atoms with van der Waals surface area (Å²) < 4.78 is 12.8. The lowest BCUT2D eigenvalue weighted by Crippen LogP contribution is -2.43. The molecule has 0 spiro atoms. The SMILES string of the molecule is CC.Nc1nc(CCCC2CCN(C(=O)OCC3CCC3)CC2)nc2c1ncn2[C@@H]1O[C@H](C(=O)NC2CC2)C(O)[C@@H]1O. The van der Waals surface area contributed by atoms with Gasteiger partial charge in [-0.15, -0.1) is 0 Å². The van der Waals surface area contributed by atoms with E-state index >= 15 is 0 Å². The summed E-state index contributed by atoms with van der Waals surface area (Å²) in [6.45, 7) is 5.99. The first kappa shape index (κ1) is 30.4. The van der Waals surface area contributed by atoms with Gasteiger partial charge in [0.2, 0.25) is 0 Å². The molecule has 2 aliphatic heterocycles. The lowest BCUT2D eigenvalue weighted by molar-refractivity contribution is -0.137. The minimum Gasteiger partial charge on any atom is -0.449 e. The zero-order valence-electron chi connectivity index (χ0n) is 24.7. The number of nitrogens with one attached hydrogen (secondary N) is 1. The topological polar surface area (TPSA) is 178 Å². The Balaban J connectivity index is 0.00000173. The average Bonchev–Trinajstić information content (AvgIpc) is 3.60. The van der Waals surface area contributed by atoms with E-state index in [9.17, 15) is 19.8 Å². The van der Waals surface area contributed by atoms with E-state index in [1.807, 2.05) is 18.7 Å². The summed E-state index contributed by atoms with van der Waals surface area (Å²) >= 11 is 0.